The van der Waals surface area contributed by atoms with E-state index in [1.165, 1.54) is 0 Å². The summed E-state index contributed by atoms with van der Waals surface area (Å²) in [4.78, 5) is 63.7. The number of guanidine groups is 1. The molecule has 15 nitrogen and oxygen atoms in total. The molecule has 0 aromatic heterocycles. The van der Waals surface area contributed by atoms with Crippen molar-refractivity contribution in [3.63, 3.8) is 0 Å². The van der Waals surface area contributed by atoms with Gasteiger partial charge in [0.25, 0.3) is 0 Å². The van der Waals surface area contributed by atoms with Gasteiger partial charge in [0.05, 0.1) is 12.6 Å². The number of aliphatic hydroxyl groups is 1. The largest absolute Gasteiger partial charge is 0.481 e. The summed E-state index contributed by atoms with van der Waals surface area (Å²) in [6, 6.07) is -5.16. The number of carbonyl (C=O) groups excluding carboxylic acids is 3. The Kier molecular flexibility index (Phi) is 14.6. The van der Waals surface area contributed by atoms with Crippen LogP contribution in [-0.2, 0) is 24.0 Å². The van der Waals surface area contributed by atoms with Gasteiger partial charge in [-0.05, 0) is 25.2 Å². The van der Waals surface area contributed by atoms with Crippen molar-refractivity contribution in [3.8, 4) is 0 Å². The number of nitrogens with one attached hydrogen (secondary N) is 3. The topological polar surface area (TPSA) is 273 Å². The number of aliphatic hydroxyl groups excluding tert-OH is 1. The second-order valence-corrected chi connectivity index (χ2v) is 8.00. The third kappa shape index (κ3) is 12.5. The molecule has 0 bridgehead atoms. The Morgan fingerprint density at radius 2 is 1.43 bits per heavy atom. The smallest absolute Gasteiger partial charge is 0.326 e. The van der Waals surface area contributed by atoms with E-state index in [1.54, 1.807) is 6.92 Å². The highest BCUT2D eigenvalue weighted by atomic mass is 16.4. The summed E-state index contributed by atoms with van der Waals surface area (Å²) >= 11 is 0. The molecular formula is C20H37N7O8. The van der Waals surface area contributed by atoms with Crippen LogP contribution < -0.4 is 33.2 Å². The maximum atomic E-state index is 12.7. The zero-order chi connectivity index (χ0) is 27.1. The number of nitrogens with zero attached hydrogens (tertiary/aromatic N) is 1. The molecule has 0 fully saturated rings. The minimum Gasteiger partial charge on any atom is -0.481 e. The molecular weight excluding hydrogens is 466 g/mol. The van der Waals surface area contributed by atoms with E-state index in [1.807, 2.05) is 6.92 Å². The van der Waals surface area contributed by atoms with Gasteiger partial charge in [0.1, 0.15) is 18.1 Å². The van der Waals surface area contributed by atoms with Gasteiger partial charge < -0.3 is 48.5 Å². The molecule has 0 aliphatic rings. The van der Waals surface area contributed by atoms with Crippen molar-refractivity contribution in [3.05, 3.63) is 0 Å². The molecule has 35 heavy (non-hydrogen) atoms. The molecule has 5 atom stereocenters. The van der Waals surface area contributed by atoms with E-state index in [4.69, 9.17) is 22.3 Å². The highest BCUT2D eigenvalue weighted by Crippen LogP contribution is 2.07. The molecule has 0 spiro atoms. The Morgan fingerprint density at radius 3 is 1.91 bits per heavy atom. The Morgan fingerprint density at radius 1 is 0.886 bits per heavy atom. The van der Waals surface area contributed by atoms with E-state index in [-0.39, 0.29) is 37.7 Å². The fourth-order valence-corrected chi connectivity index (χ4v) is 2.82. The lowest BCUT2D eigenvalue weighted by atomic mass is 9.99. The van der Waals surface area contributed by atoms with Crippen LogP contribution in [0.5, 0.6) is 0 Å². The third-order valence-corrected chi connectivity index (χ3v) is 5.22. The van der Waals surface area contributed by atoms with E-state index in [0.29, 0.717) is 6.42 Å². The zero-order valence-electron chi connectivity index (χ0n) is 19.9. The molecule has 0 saturated carbocycles. The molecule has 0 aromatic rings. The number of rotatable bonds is 17. The highest BCUT2D eigenvalue weighted by Gasteiger charge is 2.30. The van der Waals surface area contributed by atoms with E-state index in [9.17, 15) is 34.2 Å². The van der Waals surface area contributed by atoms with Crippen molar-refractivity contribution < 1.29 is 39.3 Å². The molecule has 5 unspecified atom stereocenters. The van der Waals surface area contributed by atoms with Crippen LogP contribution in [0.4, 0.5) is 0 Å². The van der Waals surface area contributed by atoms with Crippen LogP contribution in [0.15, 0.2) is 4.99 Å². The molecule has 0 aliphatic carbocycles. The molecule has 200 valence electrons. The van der Waals surface area contributed by atoms with E-state index in [2.05, 4.69) is 20.9 Å². The first-order valence-electron chi connectivity index (χ1n) is 11.1. The Balaban J connectivity index is 5.46. The normalized spacial score (nSPS) is 15.0. The summed E-state index contributed by atoms with van der Waals surface area (Å²) in [6.07, 6.45) is -0.104. The fraction of sp³-hybridized carbons (Fsp3) is 0.700. The molecule has 12 N–H and O–H groups in total. The number of nitrogens with two attached hydrogens (primary N) is 3. The average molecular weight is 504 g/mol. The predicted molar refractivity (Wildman–Crippen MR) is 125 cm³/mol. The van der Waals surface area contributed by atoms with Gasteiger partial charge in [-0.15, -0.1) is 0 Å². The van der Waals surface area contributed by atoms with Crippen molar-refractivity contribution in [2.45, 2.75) is 70.1 Å². The minimum absolute atomic E-state index is 0.0297. The fourth-order valence-electron chi connectivity index (χ4n) is 2.82. The quantitative estimate of drug-likeness (QED) is 0.0541. The maximum absolute atomic E-state index is 12.7. The molecule has 15 heteroatoms. The van der Waals surface area contributed by atoms with Crippen molar-refractivity contribution in [2.24, 2.45) is 28.1 Å². The monoisotopic (exact) mass is 503 g/mol. The predicted octanol–water partition coefficient (Wildman–Crippen LogP) is -3.19. The number of carbonyl (C=O) groups is 5. The van der Waals surface area contributed by atoms with Gasteiger partial charge in [0, 0.05) is 13.0 Å². The number of aliphatic imine (C=N–C) groups is 1. The van der Waals surface area contributed by atoms with Gasteiger partial charge in [-0.2, -0.15) is 0 Å². The average Bonchev–Trinajstić information content (AvgIpc) is 2.79. The lowest BCUT2D eigenvalue weighted by Crippen LogP contribution is -2.58. The Labute approximate surface area is 202 Å². The summed E-state index contributed by atoms with van der Waals surface area (Å²) in [5.74, 6) is -5.55. The second kappa shape index (κ2) is 16.2. The first-order valence-corrected chi connectivity index (χ1v) is 11.1. The first kappa shape index (κ1) is 31.5. The number of hydrogen-bond donors (Lipinski definition) is 9. The summed E-state index contributed by atoms with van der Waals surface area (Å²) in [5, 5.41) is 34.5. The molecule has 0 rings (SSSR count). The van der Waals surface area contributed by atoms with Crippen LogP contribution in [0.2, 0.25) is 0 Å². The van der Waals surface area contributed by atoms with Crippen LogP contribution >= 0.6 is 0 Å². The van der Waals surface area contributed by atoms with Crippen molar-refractivity contribution in [1.82, 2.24) is 16.0 Å². The van der Waals surface area contributed by atoms with Crippen molar-refractivity contribution in [1.29, 1.82) is 0 Å². The Hall–Kier alpha value is -3.46. The number of carboxylic acids is 2. The summed E-state index contributed by atoms with van der Waals surface area (Å²) in [7, 11) is 0. The van der Waals surface area contributed by atoms with Gasteiger partial charge in [-0.1, -0.05) is 20.3 Å². The lowest BCUT2D eigenvalue weighted by molar-refractivity contribution is -0.143. The van der Waals surface area contributed by atoms with Gasteiger partial charge in [-0.3, -0.25) is 24.2 Å². The summed E-state index contributed by atoms with van der Waals surface area (Å²) < 4.78 is 0. The summed E-state index contributed by atoms with van der Waals surface area (Å²) in [5.41, 5.74) is 16.4. The van der Waals surface area contributed by atoms with Gasteiger partial charge in [-0.25, -0.2) is 4.79 Å². The minimum atomic E-state index is -1.52. The van der Waals surface area contributed by atoms with Crippen LogP contribution in [0.25, 0.3) is 0 Å². The van der Waals surface area contributed by atoms with Crippen LogP contribution in [0, 0.1) is 5.92 Å². The van der Waals surface area contributed by atoms with Crippen LogP contribution in [0.1, 0.15) is 46.0 Å². The SMILES string of the molecule is CCC(C)C(N)C(=O)NC(CO)C(=O)NC(CCCN=C(N)N)C(=O)NC(CCC(=O)O)C(=O)O. The Bertz CT molecular complexity index is 773. The molecule has 0 aliphatic heterocycles. The van der Waals surface area contributed by atoms with E-state index in [0.717, 1.165) is 0 Å². The van der Waals surface area contributed by atoms with Gasteiger partial charge >= 0.3 is 11.9 Å². The maximum Gasteiger partial charge on any atom is 0.326 e. The first-order chi connectivity index (χ1) is 16.3. The van der Waals surface area contributed by atoms with Crippen LogP contribution in [0.3, 0.4) is 0 Å². The number of aliphatic carboxylic acids is 2. The second-order valence-electron chi connectivity index (χ2n) is 8.00. The third-order valence-electron chi connectivity index (χ3n) is 5.22. The lowest BCUT2D eigenvalue weighted by Gasteiger charge is -2.25. The summed E-state index contributed by atoms with van der Waals surface area (Å²) in [6.45, 7) is 2.90. The molecule has 0 saturated heterocycles. The van der Waals surface area contributed by atoms with Crippen molar-refractivity contribution in [2.75, 3.05) is 13.2 Å². The zero-order valence-corrected chi connectivity index (χ0v) is 19.9. The standard InChI is InChI=1S/C20H37N7O8/c1-3-10(2)15(21)18(33)27-13(9-28)17(32)25-11(5-4-8-24-20(22)23)16(31)26-12(19(34)35)6-7-14(29)30/h10-13,15,28H,3-9,21H2,1-2H3,(H,25,32)(H,26,31)(H,27,33)(H,29,30)(H,34,35)(H4,22,23,24). The van der Waals surface area contributed by atoms with Gasteiger partial charge in [0.2, 0.25) is 17.7 Å². The molecule has 0 aromatic carbocycles. The number of amides is 3. The highest BCUT2D eigenvalue weighted by molar-refractivity contribution is 5.94. The molecule has 0 radical (unpaired) electrons. The van der Waals surface area contributed by atoms with Crippen LogP contribution in [-0.4, -0.2) is 88.3 Å². The molecule has 0 heterocycles. The van der Waals surface area contributed by atoms with E-state index >= 15 is 0 Å². The van der Waals surface area contributed by atoms with Crippen molar-refractivity contribution >= 4 is 35.6 Å². The van der Waals surface area contributed by atoms with Gasteiger partial charge in [0.15, 0.2) is 5.96 Å². The number of carboxylic acid groups (broad SMARTS) is 2. The number of hydrogen-bond acceptors (Lipinski definition) is 8. The van der Waals surface area contributed by atoms with E-state index < -0.39 is 66.9 Å². The molecule has 3 amide bonds.